The molecule has 4 aliphatic rings. The number of hydroxylamine groups is 2. The summed E-state index contributed by atoms with van der Waals surface area (Å²) in [6.45, 7) is 8.52. The predicted octanol–water partition coefficient (Wildman–Crippen LogP) is 4.17. The van der Waals surface area contributed by atoms with Crippen molar-refractivity contribution in [2.24, 2.45) is 17.3 Å². The summed E-state index contributed by atoms with van der Waals surface area (Å²) in [4.78, 5) is 35.6. The van der Waals surface area contributed by atoms with Gasteiger partial charge in [0, 0.05) is 38.6 Å². The van der Waals surface area contributed by atoms with Crippen LogP contribution in [0.15, 0.2) is 54.6 Å². The third-order valence-electron chi connectivity index (χ3n) is 9.96. The van der Waals surface area contributed by atoms with Crippen LogP contribution in [0.2, 0.25) is 0 Å². The number of rotatable bonds is 15. The van der Waals surface area contributed by atoms with E-state index in [-0.39, 0.29) is 31.3 Å². The van der Waals surface area contributed by atoms with Crippen LogP contribution < -0.4 is 5.32 Å². The Morgan fingerprint density at radius 3 is 2.32 bits per heavy atom. The van der Waals surface area contributed by atoms with Crippen molar-refractivity contribution >= 4 is 11.9 Å². The van der Waals surface area contributed by atoms with Crippen molar-refractivity contribution in [3.63, 3.8) is 0 Å². The number of nitrogens with zero attached hydrogens (tertiary/aromatic N) is 3. The summed E-state index contributed by atoms with van der Waals surface area (Å²) in [6, 6.07) is 18.8. The third-order valence-corrected chi connectivity index (χ3v) is 9.96. The molecule has 2 aromatic rings. The van der Waals surface area contributed by atoms with E-state index in [9.17, 15) is 9.59 Å². The molecule has 6 rings (SSSR count). The highest BCUT2D eigenvalue weighted by Crippen LogP contribution is 2.59. The van der Waals surface area contributed by atoms with E-state index in [0.29, 0.717) is 30.2 Å². The van der Waals surface area contributed by atoms with Crippen molar-refractivity contribution in [1.29, 1.82) is 0 Å². The number of aliphatic carboxylic acids is 1. The molecule has 1 saturated heterocycles. The van der Waals surface area contributed by atoms with Crippen LogP contribution in [-0.2, 0) is 38.8 Å². The largest absolute Gasteiger partial charge is 0.480 e. The average molecular weight is 607 g/mol. The molecule has 0 spiro atoms. The second-order valence-corrected chi connectivity index (χ2v) is 13.9. The van der Waals surface area contributed by atoms with E-state index >= 15 is 0 Å². The van der Waals surface area contributed by atoms with Gasteiger partial charge in [-0.1, -0.05) is 68.4 Å². The number of carbonyl (C=O) groups excluding carboxylic acids is 1. The zero-order valence-electron chi connectivity index (χ0n) is 26.8. The van der Waals surface area contributed by atoms with Crippen LogP contribution in [0.1, 0.15) is 56.2 Å². The minimum absolute atomic E-state index is 0.0104. The SMILES string of the molecule is CN(C)CCN(Cc1ccccc1)Cc1cccc(CN2OC(COCC(=O)O)C[C@H]2C(=O)NC2C[C@@H]3C[C@H](C2)C3(C)C)c1. The summed E-state index contributed by atoms with van der Waals surface area (Å²) >= 11 is 0. The van der Waals surface area contributed by atoms with E-state index in [4.69, 9.17) is 14.7 Å². The van der Waals surface area contributed by atoms with Crippen molar-refractivity contribution < 1.29 is 24.3 Å². The van der Waals surface area contributed by atoms with Crippen molar-refractivity contribution in [1.82, 2.24) is 20.2 Å². The molecule has 44 heavy (non-hydrogen) atoms. The van der Waals surface area contributed by atoms with Crippen molar-refractivity contribution in [2.45, 2.75) is 77.4 Å². The molecule has 5 atom stereocenters. The summed E-state index contributed by atoms with van der Waals surface area (Å²) in [5, 5.41) is 14.1. The van der Waals surface area contributed by atoms with Gasteiger partial charge in [-0.25, -0.2) is 4.79 Å². The summed E-state index contributed by atoms with van der Waals surface area (Å²) < 4.78 is 5.36. The van der Waals surface area contributed by atoms with Gasteiger partial charge in [-0.15, -0.1) is 0 Å². The van der Waals surface area contributed by atoms with Crippen LogP contribution in [0.5, 0.6) is 0 Å². The lowest BCUT2D eigenvalue weighted by atomic mass is 9.48. The van der Waals surface area contributed by atoms with Gasteiger partial charge in [0.05, 0.1) is 13.2 Å². The Bertz CT molecular complexity index is 1240. The number of nitrogens with one attached hydrogen (secondary N) is 1. The van der Waals surface area contributed by atoms with Crippen LogP contribution in [0.4, 0.5) is 0 Å². The highest BCUT2D eigenvalue weighted by atomic mass is 16.7. The van der Waals surface area contributed by atoms with Gasteiger partial charge in [0.1, 0.15) is 18.8 Å². The molecule has 3 aliphatic carbocycles. The third kappa shape index (κ3) is 8.46. The highest BCUT2D eigenvalue weighted by molar-refractivity contribution is 5.82. The number of hydrogen-bond donors (Lipinski definition) is 2. The van der Waals surface area contributed by atoms with E-state index in [1.165, 1.54) is 17.5 Å². The maximum atomic E-state index is 13.7. The fraction of sp³-hybridized carbons (Fsp3) is 0.600. The van der Waals surface area contributed by atoms with Gasteiger partial charge in [-0.2, -0.15) is 5.06 Å². The Kier molecular flexibility index (Phi) is 10.7. The smallest absolute Gasteiger partial charge is 0.329 e. The fourth-order valence-electron chi connectivity index (χ4n) is 7.22. The molecule has 2 unspecified atom stereocenters. The topological polar surface area (TPSA) is 94.6 Å². The monoisotopic (exact) mass is 606 g/mol. The minimum Gasteiger partial charge on any atom is -0.480 e. The molecule has 9 heteroatoms. The zero-order valence-corrected chi connectivity index (χ0v) is 26.8. The Morgan fingerprint density at radius 2 is 1.64 bits per heavy atom. The first-order valence-corrected chi connectivity index (χ1v) is 16.1. The molecule has 1 amide bonds. The number of carboxylic acid groups (broad SMARTS) is 1. The lowest BCUT2D eigenvalue weighted by molar-refractivity contribution is -0.186. The average Bonchev–Trinajstić information content (AvgIpc) is 3.38. The molecule has 2 N–H and O–H groups in total. The molecule has 4 fully saturated rings. The highest BCUT2D eigenvalue weighted by Gasteiger charge is 2.53. The van der Waals surface area contributed by atoms with Gasteiger partial charge < -0.3 is 20.1 Å². The van der Waals surface area contributed by atoms with Crippen LogP contribution >= 0.6 is 0 Å². The standard InChI is InChI=1S/C35H50N4O5/c1-35(2)28-16-29(35)18-30(17-28)36-34(42)32-19-31(23-43-24-33(40)41)44-39(32)22-27-12-8-11-26(15-27)21-38(14-13-37(3)4)20-25-9-6-5-7-10-25/h5-12,15,28-32H,13-14,16-24H2,1-4H3,(H,36,42)(H,40,41)/t28-,29+,30?,31?,32-/m0/s1. The number of benzene rings is 2. The number of ether oxygens (including phenoxy) is 1. The molecule has 1 aliphatic heterocycles. The van der Waals surface area contributed by atoms with E-state index in [0.717, 1.165) is 44.6 Å². The Balaban J connectivity index is 1.24. The molecule has 0 aromatic heterocycles. The van der Waals surface area contributed by atoms with Crippen molar-refractivity contribution in [3.05, 3.63) is 71.3 Å². The molecule has 3 saturated carbocycles. The maximum Gasteiger partial charge on any atom is 0.329 e. The quantitative estimate of drug-likeness (QED) is 0.312. The first-order chi connectivity index (χ1) is 21.1. The van der Waals surface area contributed by atoms with Gasteiger partial charge in [-0.05, 0) is 67.3 Å². The van der Waals surface area contributed by atoms with Gasteiger partial charge in [-0.3, -0.25) is 14.5 Å². The summed E-state index contributed by atoms with van der Waals surface area (Å²) in [7, 11) is 4.20. The van der Waals surface area contributed by atoms with Crippen LogP contribution in [0.3, 0.4) is 0 Å². The Hall–Kier alpha value is -2.82. The van der Waals surface area contributed by atoms with E-state index in [1.807, 2.05) is 6.07 Å². The summed E-state index contributed by atoms with van der Waals surface area (Å²) in [6.07, 6.45) is 3.42. The molecule has 9 nitrogen and oxygen atoms in total. The number of carbonyl (C=O) groups is 2. The number of carboxylic acids is 1. The molecule has 2 bridgehead atoms. The number of likely N-dealkylation sites (N-methyl/N-ethyl adjacent to an activating group) is 1. The molecule has 2 aromatic carbocycles. The van der Waals surface area contributed by atoms with Gasteiger partial charge in [0.25, 0.3) is 0 Å². The van der Waals surface area contributed by atoms with Crippen LogP contribution in [0, 0.1) is 17.3 Å². The molecular formula is C35H50N4O5. The Morgan fingerprint density at radius 1 is 0.955 bits per heavy atom. The normalized spacial score (nSPS) is 26.1. The van der Waals surface area contributed by atoms with Crippen LogP contribution in [0.25, 0.3) is 0 Å². The van der Waals surface area contributed by atoms with E-state index in [2.05, 4.69) is 91.6 Å². The fourth-order valence-corrected chi connectivity index (χ4v) is 7.22. The lowest BCUT2D eigenvalue weighted by Gasteiger charge is -2.59. The number of fused-ring (bicyclic) bond motifs is 2. The predicted molar refractivity (Wildman–Crippen MR) is 169 cm³/mol. The van der Waals surface area contributed by atoms with E-state index in [1.54, 1.807) is 5.06 Å². The lowest BCUT2D eigenvalue weighted by Crippen LogP contribution is -2.57. The number of hydrogen-bond acceptors (Lipinski definition) is 7. The number of amides is 1. The molecular weight excluding hydrogens is 556 g/mol. The van der Waals surface area contributed by atoms with Gasteiger partial charge in [0.2, 0.25) is 5.91 Å². The summed E-state index contributed by atoms with van der Waals surface area (Å²) in [5.41, 5.74) is 3.95. The minimum atomic E-state index is -1.02. The van der Waals surface area contributed by atoms with Gasteiger partial charge in [0.15, 0.2) is 0 Å². The second kappa shape index (κ2) is 14.5. The van der Waals surface area contributed by atoms with Crippen molar-refractivity contribution in [3.8, 4) is 0 Å². The zero-order chi connectivity index (χ0) is 31.3. The first kappa shape index (κ1) is 32.6. The maximum absolute atomic E-state index is 13.7. The first-order valence-electron chi connectivity index (χ1n) is 16.1. The van der Waals surface area contributed by atoms with Crippen LogP contribution in [-0.4, -0.2) is 90.4 Å². The second-order valence-electron chi connectivity index (χ2n) is 13.9. The molecule has 0 radical (unpaired) electrons. The van der Waals surface area contributed by atoms with Crippen molar-refractivity contribution in [2.75, 3.05) is 40.4 Å². The van der Waals surface area contributed by atoms with Gasteiger partial charge >= 0.3 is 5.97 Å². The Labute approximate surface area is 262 Å². The van der Waals surface area contributed by atoms with E-state index < -0.39 is 12.0 Å². The molecule has 240 valence electrons. The molecule has 1 heterocycles. The summed E-state index contributed by atoms with van der Waals surface area (Å²) in [5.74, 6) is 0.309.